The van der Waals surface area contributed by atoms with Crippen molar-refractivity contribution < 1.29 is 4.74 Å². The first-order chi connectivity index (χ1) is 8.29. The fraction of sp³-hybridized carbons (Fsp3) is 1.00. The Labute approximate surface area is 106 Å². The van der Waals surface area contributed by atoms with Gasteiger partial charge in [-0.1, -0.05) is 6.92 Å². The molecule has 0 spiro atoms. The second-order valence-electron chi connectivity index (χ2n) is 5.62. The molecule has 3 heteroatoms. The number of rotatable bonds is 7. The highest BCUT2D eigenvalue weighted by atomic mass is 16.5. The molecule has 2 atom stereocenters. The summed E-state index contributed by atoms with van der Waals surface area (Å²) < 4.78 is 5.72. The van der Waals surface area contributed by atoms with Crippen LogP contribution in [0.3, 0.4) is 0 Å². The fourth-order valence-corrected chi connectivity index (χ4v) is 2.56. The fourth-order valence-electron chi connectivity index (χ4n) is 2.56. The van der Waals surface area contributed by atoms with Gasteiger partial charge in [0.05, 0.1) is 12.7 Å². The van der Waals surface area contributed by atoms with Crippen molar-refractivity contribution in [1.29, 1.82) is 0 Å². The minimum Gasteiger partial charge on any atom is -0.376 e. The monoisotopic (exact) mass is 240 g/mol. The van der Waals surface area contributed by atoms with Gasteiger partial charge in [-0.2, -0.15) is 0 Å². The third kappa shape index (κ3) is 4.57. The van der Waals surface area contributed by atoms with Gasteiger partial charge < -0.3 is 10.1 Å². The lowest BCUT2D eigenvalue weighted by Crippen LogP contribution is -2.46. The van der Waals surface area contributed by atoms with E-state index >= 15 is 0 Å². The first-order valence-corrected chi connectivity index (χ1v) is 7.38. The number of hydrogen-bond acceptors (Lipinski definition) is 3. The van der Waals surface area contributed by atoms with Crippen LogP contribution in [0.15, 0.2) is 0 Å². The Kier molecular flexibility index (Phi) is 5.26. The van der Waals surface area contributed by atoms with Gasteiger partial charge in [0.2, 0.25) is 0 Å². The van der Waals surface area contributed by atoms with E-state index in [4.69, 9.17) is 4.74 Å². The molecule has 17 heavy (non-hydrogen) atoms. The molecular formula is C14H28N2O. The van der Waals surface area contributed by atoms with Crippen LogP contribution in [0.4, 0.5) is 0 Å². The van der Waals surface area contributed by atoms with E-state index in [0.29, 0.717) is 12.1 Å². The second-order valence-corrected chi connectivity index (χ2v) is 5.62. The van der Waals surface area contributed by atoms with E-state index in [9.17, 15) is 0 Å². The molecule has 0 aromatic rings. The van der Waals surface area contributed by atoms with Gasteiger partial charge in [-0.3, -0.25) is 4.90 Å². The molecule has 2 unspecified atom stereocenters. The van der Waals surface area contributed by atoms with E-state index in [1.54, 1.807) is 0 Å². The molecule has 2 aliphatic rings. The summed E-state index contributed by atoms with van der Waals surface area (Å²) in [4.78, 5) is 2.61. The maximum absolute atomic E-state index is 5.72. The molecule has 2 rings (SSSR count). The van der Waals surface area contributed by atoms with Crippen molar-refractivity contribution in [3.05, 3.63) is 0 Å². The SMILES string of the molecule is CCC1CN(C(C)CCCNC2CC2)CCO1. The summed E-state index contributed by atoms with van der Waals surface area (Å²) in [5, 5.41) is 3.59. The van der Waals surface area contributed by atoms with Crippen molar-refractivity contribution in [2.24, 2.45) is 0 Å². The lowest BCUT2D eigenvalue weighted by atomic mass is 10.1. The van der Waals surface area contributed by atoms with E-state index in [2.05, 4.69) is 24.1 Å². The molecule has 2 fully saturated rings. The Hall–Kier alpha value is -0.120. The molecule has 1 saturated carbocycles. The zero-order valence-corrected chi connectivity index (χ0v) is 11.5. The highest BCUT2D eigenvalue weighted by Gasteiger charge is 2.23. The minimum atomic E-state index is 0.468. The number of nitrogens with one attached hydrogen (secondary N) is 1. The number of nitrogens with zero attached hydrogens (tertiary/aromatic N) is 1. The zero-order chi connectivity index (χ0) is 12.1. The van der Waals surface area contributed by atoms with Gasteiger partial charge in [0.25, 0.3) is 0 Å². The smallest absolute Gasteiger partial charge is 0.0700 e. The molecule has 100 valence electrons. The van der Waals surface area contributed by atoms with Crippen molar-refractivity contribution in [2.75, 3.05) is 26.2 Å². The van der Waals surface area contributed by atoms with E-state index in [0.717, 1.165) is 32.2 Å². The molecule has 1 saturated heterocycles. The number of hydrogen-bond donors (Lipinski definition) is 1. The molecule has 0 aromatic heterocycles. The maximum Gasteiger partial charge on any atom is 0.0700 e. The van der Waals surface area contributed by atoms with Gasteiger partial charge in [-0.15, -0.1) is 0 Å². The van der Waals surface area contributed by atoms with Gasteiger partial charge in [0.15, 0.2) is 0 Å². The van der Waals surface area contributed by atoms with Crippen LogP contribution in [0.1, 0.15) is 46.0 Å². The summed E-state index contributed by atoms with van der Waals surface area (Å²) in [6.45, 7) is 8.97. The van der Waals surface area contributed by atoms with Gasteiger partial charge in [-0.05, 0) is 45.6 Å². The van der Waals surface area contributed by atoms with Crippen molar-refractivity contribution in [2.45, 2.75) is 64.1 Å². The number of morpholine rings is 1. The molecule has 1 N–H and O–H groups in total. The maximum atomic E-state index is 5.72. The molecule has 1 heterocycles. The quantitative estimate of drug-likeness (QED) is 0.689. The lowest BCUT2D eigenvalue weighted by Gasteiger charge is -2.36. The summed E-state index contributed by atoms with van der Waals surface area (Å²) >= 11 is 0. The second kappa shape index (κ2) is 6.72. The van der Waals surface area contributed by atoms with Crippen LogP contribution in [-0.2, 0) is 4.74 Å². The molecule has 1 aliphatic heterocycles. The normalized spacial score (nSPS) is 28.2. The third-order valence-corrected chi connectivity index (χ3v) is 4.06. The van der Waals surface area contributed by atoms with Crippen molar-refractivity contribution in [3.8, 4) is 0 Å². The van der Waals surface area contributed by atoms with Crippen molar-refractivity contribution in [1.82, 2.24) is 10.2 Å². The lowest BCUT2D eigenvalue weighted by molar-refractivity contribution is -0.0431. The molecule has 0 aromatic carbocycles. The van der Waals surface area contributed by atoms with Crippen LogP contribution in [-0.4, -0.2) is 49.3 Å². The highest BCUT2D eigenvalue weighted by molar-refractivity contribution is 4.81. The number of ether oxygens (including phenoxy) is 1. The third-order valence-electron chi connectivity index (χ3n) is 4.06. The van der Waals surface area contributed by atoms with Crippen LogP contribution >= 0.6 is 0 Å². The largest absolute Gasteiger partial charge is 0.376 e. The first-order valence-electron chi connectivity index (χ1n) is 7.38. The summed E-state index contributed by atoms with van der Waals surface area (Å²) in [6.07, 6.45) is 7.04. The van der Waals surface area contributed by atoms with E-state index in [1.165, 1.54) is 32.2 Å². The standard InChI is InChI=1S/C14H28N2O/c1-3-14-11-16(9-10-17-14)12(2)5-4-8-15-13-6-7-13/h12-15H,3-11H2,1-2H3. The summed E-state index contributed by atoms with van der Waals surface area (Å²) in [6, 6.07) is 1.58. The zero-order valence-electron chi connectivity index (χ0n) is 11.5. The van der Waals surface area contributed by atoms with Gasteiger partial charge >= 0.3 is 0 Å². The molecule has 0 radical (unpaired) electrons. The van der Waals surface area contributed by atoms with Gasteiger partial charge in [0, 0.05) is 25.2 Å². The Bertz CT molecular complexity index is 218. The Morgan fingerprint density at radius 1 is 1.41 bits per heavy atom. The van der Waals surface area contributed by atoms with E-state index in [-0.39, 0.29) is 0 Å². The average molecular weight is 240 g/mol. The van der Waals surface area contributed by atoms with Crippen molar-refractivity contribution in [3.63, 3.8) is 0 Å². The van der Waals surface area contributed by atoms with Gasteiger partial charge in [0.1, 0.15) is 0 Å². The Morgan fingerprint density at radius 3 is 2.94 bits per heavy atom. The van der Waals surface area contributed by atoms with Crippen LogP contribution < -0.4 is 5.32 Å². The topological polar surface area (TPSA) is 24.5 Å². The van der Waals surface area contributed by atoms with Gasteiger partial charge in [-0.25, -0.2) is 0 Å². The van der Waals surface area contributed by atoms with Crippen LogP contribution in [0.5, 0.6) is 0 Å². The Morgan fingerprint density at radius 2 is 2.24 bits per heavy atom. The predicted octanol–water partition coefficient (Wildman–Crippen LogP) is 2.02. The van der Waals surface area contributed by atoms with Crippen LogP contribution in [0, 0.1) is 0 Å². The van der Waals surface area contributed by atoms with Crippen molar-refractivity contribution >= 4 is 0 Å². The summed E-state index contributed by atoms with van der Waals surface area (Å²) in [5.41, 5.74) is 0. The molecule has 0 amide bonds. The van der Waals surface area contributed by atoms with Crippen LogP contribution in [0.2, 0.25) is 0 Å². The predicted molar refractivity (Wildman–Crippen MR) is 71.3 cm³/mol. The molecule has 0 bridgehead atoms. The molecular weight excluding hydrogens is 212 g/mol. The molecule has 3 nitrogen and oxygen atoms in total. The molecule has 1 aliphatic carbocycles. The minimum absolute atomic E-state index is 0.468. The average Bonchev–Trinajstić information content (AvgIpc) is 3.18. The van der Waals surface area contributed by atoms with E-state index < -0.39 is 0 Å². The first kappa shape index (κ1) is 13.3. The Balaban J connectivity index is 1.58. The van der Waals surface area contributed by atoms with Crippen LogP contribution in [0.25, 0.3) is 0 Å². The highest BCUT2D eigenvalue weighted by Crippen LogP contribution is 2.19. The summed E-state index contributed by atoms with van der Waals surface area (Å²) in [7, 11) is 0. The van der Waals surface area contributed by atoms with E-state index in [1.807, 2.05) is 0 Å². The summed E-state index contributed by atoms with van der Waals surface area (Å²) in [5.74, 6) is 0.